The van der Waals surface area contributed by atoms with Gasteiger partial charge in [-0.3, -0.25) is 0 Å². The van der Waals surface area contributed by atoms with Crippen LogP contribution in [0.15, 0.2) is 83.3 Å². The Hall–Kier alpha value is -2.32. The van der Waals surface area contributed by atoms with Gasteiger partial charge in [-0.25, -0.2) is 0 Å². The zero-order chi connectivity index (χ0) is 31.6. The Morgan fingerprint density at radius 1 is 0.773 bits per heavy atom. The Bertz CT molecular complexity index is 1250. The third kappa shape index (κ3) is 12.6. The molecular formula is C37H48BrNO4Sn. The molecule has 0 aliphatic rings. The monoisotopic (exact) mass is 769 g/mol. The standard InChI is InChI=1S/C24H21BrNO4.C13H27.Sn/c25-21-13-11-18(12-14-21)15-22(23(27)29-16-19-7-3-1-4-8-19)26-24(28)30-17-20-9-5-2-6-10-20;1-4-7-10-13(11-8-5-2)12-9-6-3;/h1-11,13-14,22H,15-17H2,(H,26,28);4-12H2,1-3H3;. The predicted molar refractivity (Wildman–Crippen MR) is 184 cm³/mol. The fourth-order valence-corrected chi connectivity index (χ4v) is 12.2. The van der Waals surface area contributed by atoms with Gasteiger partial charge in [-0.05, 0) is 0 Å². The SMILES string of the molecule is CCCC[C](CCCC)(CCCC)[Sn][c]1cc(Br)ccc1CC(NC(=O)OCc1ccccc1)C(=O)OCc1ccccc1. The van der Waals surface area contributed by atoms with Gasteiger partial charge < -0.3 is 0 Å². The van der Waals surface area contributed by atoms with E-state index in [1.165, 1.54) is 61.4 Å². The zero-order valence-electron chi connectivity index (χ0n) is 26.6. The third-order valence-corrected chi connectivity index (χ3v) is 14.2. The van der Waals surface area contributed by atoms with Crippen molar-refractivity contribution in [3.05, 3.63) is 100 Å². The van der Waals surface area contributed by atoms with E-state index in [9.17, 15) is 9.59 Å². The first kappa shape index (κ1) is 36.2. The van der Waals surface area contributed by atoms with Crippen molar-refractivity contribution in [1.82, 2.24) is 5.32 Å². The maximum atomic E-state index is 13.5. The number of ether oxygens (including phenoxy) is 2. The average Bonchev–Trinajstić information content (AvgIpc) is 3.05. The summed E-state index contributed by atoms with van der Waals surface area (Å²) < 4.78 is 14.1. The van der Waals surface area contributed by atoms with E-state index < -0.39 is 39.2 Å². The van der Waals surface area contributed by atoms with Crippen LogP contribution in [0.5, 0.6) is 0 Å². The number of hydrogen-bond donors (Lipinski definition) is 1. The molecule has 1 unspecified atom stereocenters. The van der Waals surface area contributed by atoms with Crippen LogP contribution < -0.4 is 8.90 Å². The number of carbonyl (C=O) groups excluding carboxylic acids is 2. The van der Waals surface area contributed by atoms with Gasteiger partial charge in [0.15, 0.2) is 0 Å². The number of benzene rings is 3. The summed E-state index contributed by atoms with van der Waals surface area (Å²) in [6, 6.07) is 24.7. The Kier molecular flexibility index (Phi) is 16.4. The summed E-state index contributed by atoms with van der Waals surface area (Å²) in [7, 11) is 0. The van der Waals surface area contributed by atoms with Gasteiger partial charge in [-0.15, -0.1) is 0 Å². The van der Waals surface area contributed by atoms with Crippen molar-refractivity contribution in [1.29, 1.82) is 0 Å². The first-order valence-corrected chi connectivity index (χ1v) is 19.8. The van der Waals surface area contributed by atoms with Crippen molar-refractivity contribution in [2.45, 2.75) is 108 Å². The van der Waals surface area contributed by atoms with Gasteiger partial charge in [-0.2, -0.15) is 0 Å². The number of hydrogen-bond acceptors (Lipinski definition) is 4. The van der Waals surface area contributed by atoms with E-state index in [4.69, 9.17) is 9.47 Å². The van der Waals surface area contributed by atoms with Crippen molar-refractivity contribution in [2.75, 3.05) is 0 Å². The molecule has 5 nitrogen and oxygen atoms in total. The second-order valence-electron chi connectivity index (χ2n) is 11.6. The van der Waals surface area contributed by atoms with Gasteiger partial charge in [0.25, 0.3) is 0 Å². The second kappa shape index (κ2) is 19.9. The molecule has 3 aromatic rings. The molecule has 44 heavy (non-hydrogen) atoms. The van der Waals surface area contributed by atoms with Crippen LogP contribution in [0.3, 0.4) is 0 Å². The first-order valence-electron chi connectivity index (χ1n) is 16.1. The Morgan fingerprint density at radius 3 is 1.82 bits per heavy atom. The number of unbranched alkanes of at least 4 members (excludes halogenated alkanes) is 3. The van der Waals surface area contributed by atoms with Gasteiger partial charge in [0.1, 0.15) is 0 Å². The van der Waals surface area contributed by atoms with Crippen LogP contribution in [0.2, 0.25) is 3.43 Å². The molecule has 236 valence electrons. The Balaban J connectivity index is 1.86. The first-order chi connectivity index (χ1) is 21.4. The molecule has 1 amide bonds. The molecule has 1 atom stereocenters. The average molecular weight is 769 g/mol. The van der Waals surface area contributed by atoms with Crippen molar-refractivity contribution in [2.24, 2.45) is 0 Å². The van der Waals surface area contributed by atoms with E-state index in [0.29, 0.717) is 9.85 Å². The molecule has 0 fully saturated rings. The minimum absolute atomic E-state index is 0.130. The molecule has 3 aromatic carbocycles. The number of esters is 1. The molecule has 0 spiro atoms. The second-order valence-corrected chi connectivity index (χ2v) is 17.8. The molecule has 0 heterocycles. The van der Waals surface area contributed by atoms with E-state index in [-0.39, 0.29) is 13.2 Å². The van der Waals surface area contributed by atoms with Crippen LogP contribution in [-0.4, -0.2) is 39.2 Å². The van der Waals surface area contributed by atoms with Gasteiger partial charge in [0.05, 0.1) is 0 Å². The molecule has 0 saturated carbocycles. The summed E-state index contributed by atoms with van der Waals surface area (Å²) >= 11 is 2.63. The fourth-order valence-electron chi connectivity index (χ4n) is 5.39. The van der Waals surface area contributed by atoms with Crippen molar-refractivity contribution in [3.8, 4) is 0 Å². The van der Waals surface area contributed by atoms with E-state index in [0.717, 1.165) is 21.2 Å². The van der Waals surface area contributed by atoms with Crippen LogP contribution >= 0.6 is 15.9 Å². The molecule has 1 N–H and O–H groups in total. The van der Waals surface area contributed by atoms with Crippen LogP contribution in [-0.2, 0) is 33.9 Å². The van der Waals surface area contributed by atoms with Crippen LogP contribution in [0.1, 0.15) is 95.2 Å². The summed E-state index contributed by atoms with van der Waals surface area (Å²) in [6.45, 7) is 7.14. The predicted octanol–water partition coefficient (Wildman–Crippen LogP) is 9.09. The molecular weight excluding hydrogens is 721 g/mol. The number of nitrogens with one attached hydrogen (secondary N) is 1. The van der Waals surface area contributed by atoms with Gasteiger partial charge in [-0.1, -0.05) is 0 Å². The molecule has 0 saturated heterocycles. The summed E-state index contributed by atoms with van der Waals surface area (Å²) in [4.78, 5) is 26.5. The summed E-state index contributed by atoms with van der Waals surface area (Å²) in [5, 5.41) is 2.85. The number of rotatable bonds is 19. The van der Waals surface area contributed by atoms with Crippen molar-refractivity contribution >= 4 is 52.7 Å². The van der Waals surface area contributed by atoms with E-state index in [2.05, 4.69) is 54.2 Å². The van der Waals surface area contributed by atoms with Crippen LogP contribution in [0, 0.1) is 0 Å². The maximum absolute atomic E-state index is 13.5. The number of carbonyl (C=O) groups is 2. The van der Waals surface area contributed by atoms with Gasteiger partial charge in [0, 0.05) is 0 Å². The quantitative estimate of drug-likeness (QED) is 0.0977. The van der Waals surface area contributed by atoms with Crippen molar-refractivity contribution < 1.29 is 19.1 Å². The van der Waals surface area contributed by atoms with Crippen LogP contribution in [0.25, 0.3) is 0 Å². The van der Waals surface area contributed by atoms with E-state index in [1.54, 1.807) is 0 Å². The normalized spacial score (nSPS) is 12.0. The summed E-state index contributed by atoms with van der Waals surface area (Å²) in [5.74, 6) is -0.459. The molecule has 0 aromatic heterocycles. The fraction of sp³-hybridized carbons (Fsp3) is 0.459. The van der Waals surface area contributed by atoms with Gasteiger partial charge >= 0.3 is 285 Å². The van der Waals surface area contributed by atoms with Gasteiger partial charge in [0.2, 0.25) is 0 Å². The number of halogens is 1. The van der Waals surface area contributed by atoms with E-state index >= 15 is 0 Å². The molecule has 0 bridgehead atoms. The molecule has 3 rings (SSSR count). The Morgan fingerprint density at radius 2 is 1.30 bits per heavy atom. The summed E-state index contributed by atoms with van der Waals surface area (Å²) in [5.41, 5.74) is 2.91. The number of alkyl carbamates (subject to hydrolysis) is 1. The molecule has 2 radical (unpaired) electrons. The van der Waals surface area contributed by atoms with Crippen LogP contribution in [0.4, 0.5) is 4.79 Å². The zero-order valence-corrected chi connectivity index (χ0v) is 31.0. The Labute approximate surface area is 283 Å². The molecule has 7 heteroatoms. The summed E-state index contributed by atoms with van der Waals surface area (Å²) in [6.07, 6.45) is 10.9. The topological polar surface area (TPSA) is 64.6 Å². The third-order valence-electron chi connectivity index (χ3n) is 7.94. The minimum atomic E-state index is -1.11. The molecule has 0 aliphatic carbocycles. The van der Waals surface area contributed by atoms with E-state index in [1.807, 2.05) is 66.7 Å². The molecule has 0 aliphatic heterocycles. The van der Waals surface area contributed by atoms with Crippen molar-refractivity contribution in [3.63, 3.8) is 0 Å². The number of amides is 1.